The minimum atomic E-state index is -1.19. The molecule has 2 rings (SSSR count). The second-order valence-corrected chi connectivity index (χ2v) is 6.27. The van der Waals surface area contributed by atoms with Gasteiger partial charge in [0, 0.05) is 31.6 Å². The molecule has 1 fully saturated rings. The fourth-order valence-electron chi connectivity index (χ4n) is 1.70. The Morgan fingerprint density at radius 1 is 1.39 bits per heavy atom. The van der Waals surface area contributed by atoms with Gasteiger partial charge < -0.3 is 4.74 Å². The molecular weight excluding hydrogens is 295 g/mol. The Morgan fingerprint density at radius 3 is 2.78 bits per heavy atom. The third-order valence-corrected chi connectivity index (χ3v) is 4.60. The number of aromatic nitrogens is 1. The van der Waals surface area contributed by atoms with Crippen molar-refractivity contribution in [2.45, 2.75) is 5.03 Å². The van der Waals surface area contributed by atoms with Crippen LogP contribution in [0.15, 0.2) is 17.3 Å². The first-order valence-electron chi connectivity index (χ1n) is 5.66. The van der Waals surface area contributed by atoms with Crippen molar-refractivity contribution in [2.24, 2.45) is 0 Å². The van der Waals surface area contributed by atoms with E-state index in [1.165, 1.54) is 6.20 Å². The molecule has 7 heteroatoms. The number of pyridine rings is 1. The largest absolute Gasteiger partial charge is 0.379 e. The minimum Gasteiger partial charge on any atom is -0.379 e. The lowest BCUT2D eigenvalue weighted by Crippen LogP contribution is -2.38. The van der Waals surface area contributed by atoms with E-state index in [0.717, 1.165) is 32.8 Å². The van der Waals surface area contributed by atoms with Crippen LogP contribution in [0.5, 0.6) is 0 Å². The lowest BCUT2D eigenvalue weighted by molar-refractivity contribution is 0.0409. The third-order valence-electron chi connectivity index (χ3n) is 2.69. The van der Waals surface area contributed by atoms with E-state index in [-0.39, 0.29) is 0 Å². The van der Waals surface area contributed by atoms with Crippen molar-refractivity contribution < 1.29 is 8.95 Å². The van der Waals surface area contributed by atoms with Crippen molar-refractivity contribution in [1.82, 2.24) is 9.88 Å². The number of halogens is 2. The van der Waals surface area contributed by atoms with E-state index in [1.807, 2.05) is 0 Å². The van der Waals surface area contributed by atoms with Crippen LogP contribution in [0.2, 0.25) is 10.0 Å². The quantitative estimate of drug-likeness (QED) is 0.851. The Balaban J connectivity index is 1.90. The van der Waals surface area contributed by atoms with E-state index in [0.29, 0.717) is 20.8 Å². The molecule has 1 aromatic rings. The Bertz CT molecular complexity index is 439. The standard InChI is InChI=1S/C11H14Cl2N2O2S/c12-9-7-10(13)11(14-8-9)18(16)6-3-15-1-4-17-5-2-15/h7-8H,1-6H2. The molecule has 0 radical (unpaired) electrons. The SMILES string of the molecule is O=S(CCN1CCOCC1)c1ncc(Cl)cc1Cl. The van der Waals surface area contributed by atoms with Crippen molar-refractivity contribution in [3.63, 3.8) is 0 Å². The fraction of sp³-hybridized carbons (Fsp3) is 0.545. The number of nitrogens with zero attached hydrogens (tertiary/aromatic N) is 2. The molecule has 0 N–H and O–H groups in total. The van der Waals surface area contributed by atoms with Crippen molar-refractivity contribution in [3.8, 4) is 0 Å². The maximum atomic E-state index is 12.1. The molecule has 0 bridgehead atoms. The van der Waals surface area contributed by atoms with Crippen LogP contribution in [0.4, 0.5) is 0 Å². The zero-order valence-electron chi connectivity index (χ0n) is 9.77. The summed E-state index contributed by atoms with van der Waals surface area (Å²) < 4.78 is 17.3. The van der Waals surface area contributed by atoms with Gasteiger partial charge in [0.05, 0.1) is 34.1 Å². The van der Waals surface area contributed by atoms with Crippen LogP contribution < -0.4 is 0 Å². The summed E-state index contributed by atoms with van der Waals surface area (Å²) in [6, 6.07) is 1.57. The zero-order chi connectivity index (χ0) is 13.0. The van der Waals surface area contributed by atoms with E-state index >= 15 is 0 Å². The Hall–Kier alpha value is -0.200. The first kappa shape index (κ1) is 14.2. The summed E-state index contributed by atoms with van der Waals surface area (Å²) in [7, 11) is -1.19. The summed E-state index contributed by atoms with van der Waals surface area (Å²) in [4.78, 5) is 6.26. The number of rotatable bonds is 4. The van der Waals surface area contributed by atoms with Crippen molar-refractivity contribution in [2.75, 3.05) is 38.6 Å². The first-order valence-corrected chi connectivity index (χ1v) is 7.74. The highest BCUT2D eigenvalue weighted by atomic mass is 35.5. The molecule has 0 amide bonds. The molecule has 1 aromatic heterocycles. The van der Waals surface area contributed by atoms with Gasteiger partial charge in [-0.15, -0.1) is 0 Å². The highest BCUT2D eigenvalue weighted by Gasteiger charge is 2.15. The molecule has 0 saturated carbocycles. The Kier molecular flexibility index (Phi) is 5.38. The van der Waals surface area contributed by atoms with Crippen LogP contribution in [-0.4, -0.2) is 52.7 Å². The summed E-state index contributed by atoms with van der Waals surface area (Å²) in [6.45, 7) is 4.02. The monoisotopic (exact) mass is 308 g/mol. The summed E-state index contributed by atoms with van der Waals surface area (Å²) in [5, 5.41) is 1.23. The van der Waals surface area contributed by atoms with Gasteiger partial charge in [-0.1, -0.05) is 23.2 Å². The molecule has 1 atom stereocenters. The van der Waals surface area contributed by atoms with Crippen molar-refractivity contribution >= 4 is 34.0 Å². The summed E-state index contributed by atoms with van der Waals surface area (Å²) in [5.41, 5.74) is 0. The Labute approximate surface area is 119 Å². The molecule has 4 nitrogen and oxygen atoms in total. The molecule has 0 aromatic carbocycles. The maximum Gasteiger partial charge on any atom is 0.145 e. The van der Waals surface area contributed by atoms with Gasteiger partial charge in [-0.2, -0.15) is 0 Å². The molecule has 0 spiro atoms. The molecule has 1 aliphatic heterocycles. The smallest absolute Gasteiger partial charge is 0.145 e. The van der Waals surface area contributed by atoms with Gasteiger partial charge in [-0.05, 0) is 6.07 Å². The average Bonchev–Trinajstić information content (AvgIpc) is 2.37. The molecule has 18 heavy (non-hydrogen) atoms. The number of ether oxygens (including phenoxy) is 1. The van der Waals surface area contributed by atoms with Crippen LogP contribution in [0.25, 0.3) is 0 Å². The fourth-order valence-corrected chi connectivity index (χ4v) is 3.41. The van der Waals surface area contributed by atoms with E-state index < -0.39 is 10.8 Å². The molecule has 1 saturated heterocycles. The van der Waals surface area contributed by atoms with Gasteiger partial charge in [0.25, 0.3) is 0 Å². The van der Waals surface area contributed by atoms with Gasteiger partial charge in [-0.3, -0.25) is 9.11 Å². The van der Waals surface area contributed by atoms with Gasteiger partial charge in [0.2, 0.25) is 0 Å². The van der Waals surface area contributed by atoms with Gasteiger partial charge in [0.15, 0.2) is 0 Å². The van der Waals surface area contributed by atoms with Crippen LogP contribution in [0.3, 0.4) is 0 Å². The average molecular weight is 309 g/mol. The molecule has 0 aliphatic carbocycles. The van der Waals surface area contributed by atoms with Crippen LogP contribution in [0, 0.1) is 0 Å². The number of hydrogen-bond donors (Lipinski definition) is 0. The summed E-state index contributed by atoms with van der Waals surface area (Å²) >= 11 is 11.7. The molecule has 2 heterocycles. The van der Waals surface area contributed by atoms with Crippen molar-refractivity contribution in [1.29, 1.82) is 0 Å². The highest BCUT2D eigenvalue weighted by Crippen LogP contribution is 2.21. The third kappa shape index (κ3) is 3.90. The lowest BCUT2D eigenvalue weighted by atomic mass is 10.4. The van der Waals surface area contributed by atoms with Crippen LogP contribution in [0.1, 0.15) is 0 Å². The summed E-state index contributed by atoms with van der Waals surface area (Å²) in [6.07, 6.45) is 1.47. The predicted octanol–water partition coefficient (Wildman–Crippen LogP) is 1.83. The van der Waals surface area contributed by atoms with Gasteiger partial charge >= 0.3 is 0 Å². The minimum absolute atomic E-state index is 0.364. The lowest BCUT2D eigenvalue weighted by Gasteiger charge is -2.26. The number of morpholine rings is 1. The maximum absolute atomic E-state index is 12.1. The van der Waals surface area contributed by atoms with Crippen molar-refractivity contribution in [3.05, 3.63) is 22.3 Å². The van der Waals surface area contributed by atoms with Gasteiger partial charge in [0.1, 0.15) is 5.03 Å². The molecule has 100 valence electrons. The van der Waals surface area contributed by atoms with Gasteiger partial charge in [-0.25, -0.2) is 4.98 Å². The normalized spacial score (nSPS) is 18.8. The predicted molar refractivity (Wildman–Crippen MR) is 72.8 cm³/mol. The Morgan fingerprint density at radius 2 is 2.11 bits per heavy atom. The first-order chi connectivity index (χ1) is 8.66. The molecular formula is C11H14Cl2N2O2S. The second-order valence-electron chi connectivity index (χ2n) is 3.94. The zero-order valence-corrected chi connectivity index (χ0v) is 12.1. The topological polar surface area (TPSA) is 42.4 Å². The van der Waals surface area contributed by atoms with E-state index in [1.54, 1.807) is 6.07 Å². The number of hydrogen-bond acceptors (Lipinski definition) is 4. The second kappa shape index (κ2) is 6.82. The van der Waals surface area contributed by atoms with Crippen LogP contribution in [-0.2, 0) is 15.5 Å². The summed E-state index contributed by atoms with van der Waals surface area (Å²) in [5.74, 6) is 0.522. The van der Waals surface area contributed by atoms with Crippen LogP contribution >= 0.6 is 23.2 Å². The van der Waals surface area contributed by atoms with E-state index in [2.05, 4.69) is 9.88 Å². The highest BCUT2D eigenvalue weighted by molar-refractivity contribution is 7.85. The molecule has 1 unspecified atom stereocenters. The van der Waals surface area contributed by atoms with E-state index in [4.69, 9.17) is 27.9 Å². The molecule has 1 aliphatic rings. The van der Waals surface area contributed by atoms with E-state index in [9.17, 15) is 4.21 Å².